The summed E-state index contributed by atoms with van der Waals surface area (Å²) < 4.78 is 26.2. The SMILES string of the molecule is CCc1ccc(N(CC(=O)N(Cc2cccc(Cl)c2)[C@@H](C)C(=O)NC(C)C)S(C)(=O)=O)cc1. The summed E-state index contributed by atoms with van der Waals surface area (Å²) in [7, 11) is -3.75. The molecule has 0 spiro atoms. The second kappa shape index (κ2) is 11.5. The predicted molar refractivity (Wildman–Crippen MR) is 133 cm³/mol. The van der Waals surface area contributed by atoms with E-state index in [9.17, 15) is 18.0 Å². The smallest absolute Gasteiger partial charge is 0.244 e. The quantitative estimate of drug-likeness (QED) is 0.547. The van der Waals surface area contributed by atoms with Crippen molar-refractivity contribution in [2.75, 3.05) is 17.1 Å². The molecule has 7 nitrogen and oxygen atoms in total. The van der Waals surface area contributed by atoms with E-state index in [4.69, 9.17) is 11.6 Å². The maximum atomic E-state index is 13.4. The summed E-state index contributed by atoms with van der Waals surface area (Å²) in [6.45, 7) is 6.98. The van der Waals surface area contributed by atoms with Crippen LogP contribution < -0.4 is 9.62 Å². The summed E-state index contributed by atoms with van der Waals surface area (Å²) in [6.07, 6.45) is 1.87. The van der Waals surface area contributed by atoms with Gasteiger partial charge in [0.2, 0.25) is 21.8 Å². The number of nitrogens with one attached hydrogen (secondary N) is 1. The van der Waals surface area contributed by atoms with Gasteiger partial charge >= 0.3 is 0 Å². The number of amides is 2. The van der Waals surface area contributed by atoms with Crippen LogP contribution in [-0.4, -0.2) is 50.0 Å². The van der Waals surface area contributed by atoms with Crippen LogP contribution in [0.4, 0.5) is 5.69 Å². The molecule has 2 aromatic rings. The predicted octanol–water partition coefficient (Wildman–Crippen LogP) is 3.61. The Kier molecular flexibility index (Phi) is 9.31. The van der Waals surface area contributed by atoms with Crippen LogP contribution in [0.25, 0.3) is 0 Å². The lowest BCUT2D eigenvalue weighted by Crippen LogP contribution is -2.52. The van der Waals surface area contributed by atoms with Crippen molar-refractivity contribution < 1.29 is 18.0 Å². The molecule has 1 atom stereocenters. The number of carbonyl (C=O) groups excluding carboxylic acids is 2. The number of carbonyl (C=O) groups is 2. The van der Waals surface area contributed by atoms with E-state index < -0.39 is 28.5 Å². The molecule has 180 valence electrons. The van der Waals surface area contributed by atoms with Crippen LogP contribution >= 0.6 is 11.6 Å². The number of hydrogen-bond donors (Lipinski definition) is 1. The molecule has 0 saturated heterocycles. The maximum Gasteiger partial charge on any atom is 0.244 e. The van der Waals surface area contributed by atoms with Gasteiger partial charge in [0.25, 0.3) is 0 Å². The summed E-state index contributed by atoms with van der Waals surface area (Å²) in [5, 5.41) is 3.32. The Morgan fingerprint density at radius 3 is 2.18 bits per heavy atom. The Morgan fingerprint density at radius 2 is 1.67 bits per heavy atom. The van der Waals surface area contributed by atoms with Gasteiger partial charge in [-0.2, -0.15) is 0 Å². The topological polar surface area (TPSA) is 86.8 Å². The molecule has 0 bridgehead atoms. The third kappa shape index (κ3) is 7.75. The molecular weight excluding hydrogens is 462 g/mol. The molecule has 9 heteroatoms. The van der Waals surface area contributed by atoms with E-state index in [1.807, 2.05) is 32.9 Å². The number of sulfonamides is 1. The highest BCUT2D eigenvalue weighted by Gasteiger charge is 2.30. The van der Waals surface area contributed by atoms with Gasteiger partial charge in [-0.1, -0.05) is 42.8 Å². The Labute approximate surface area is 201 Å². The van der Waals surface area contributed by atoms with Crippen LogP contribution in [0.5, 0.6) is 0 Å². The van der Waals surface area contributed by atoms with Crippen LogP contribution in [0.15, 0.2) is 48.5 Å². The van der Waals surface area contributed by atoms with Gasteiger partial charge in [0, 0.05) is 17.6 Å². The van der Waals surface area contributed by atoms with Crippen molar-refractivity contribution in [2.24, 2.45) is 0 Å². The number of anilines is 1. The molecule has 0 unspecified atom stereocenters. The van der Waals surface area contributed by atoms with Crippen LogP contribution in [0.2, 0.25) is 5.02 Å². The minimum atomic E-state index is -3.75. The zero-order chi connectivity index (χ0) is 24.8. The first kappa shape index (κ1) is 26.7. The Bertz CT molecular complexity index is 1070. The number of benzene rings is 2. The van der Waals surface area contributed by atoms with Gasteiger partial charge in [-0.25, -0.2) is 8.42 Å². The van der Waals surface area contributed by atoms with Crippen molar-refractivity contribution in [3.63, 3.8) is 0 Å². The average Bonchev–Trinajstić information content (AvgIpc) is 2.74. The summed E-state index contributed by atoms with van der Waals surface area (Å²) in [5.74, 6) is -0.815. The van der Waals surface area contributed by atoms with E-state index in [0.717, 1.165) is 28.1 Å². The molecule has 0 heterocycles. The Hall–Kier alpha value is -2.58. The van der Waals surface area contributed by atoms with E-state index in [1.54, 1.807) is 43.3 Å². The Balaban J connectivity index is 2.38. The standard InChI is InChI=1S/C24H32ClN3O4S/c1-6-19-10-12-22(13-11-19)28(33(5,31)32)16-23(29)27(18(4)24(30)26-17(2)3)15-20-8-7-9-21(25)14-20/h7-14,17-18H,6,15-16H2,1-5H3,(H,26,30)/t18-/m0/s1. The third-order valence-corrected chi connectivity index (χ3v) is 6.53. The van der Waals surface area contributed by atoms with Crippen molar-refractivity contribution in [2.45, 2.75) is 52.7 Å². The van der Waals surface area contributed by atoms with Gasteiger partial charge in [-0.3, -0.25) is 13.9 Å². The van der Waals surface area contributed by atoms with Crippen molar-refractivity contribution in [3.8, 4) is 0 Å². The van der Waals surface area contributed by atoms with Crippen LogP contribution in [0, 0.1) is 0 Å². The molecule has 0 fully saturated rings. The number of halogens is 1. The van der Waals surface area contributed by atoms with Crippen LogP contribution in [-0.2, 0) is 32.6 Å². The molecule has 33 heavy (non-hydrogen) atoms. The maximum absolute atomic E-state index is 13.4. The van der Waals surface area contributed by atoms with Crippen molar-refractivity contribution in [3.05, 3.63) is 64.7 Å². The van der Waals surface area contributed by atoms with Crippen molar-refractivity contribution in [1.82, 2.24) is 10.2 Å². The van der Waals surface area contributed by atoms with Gasteiger partial charge in [-0.15, -0.1) is 0 Å². The zero-order valence-corrected chi connectivity index (χ0v) is 21.3. The van der Waals surface area contributed by atoms with Crippen molar-refractivity contribution in [1.29, 1.82) is 0 Å². The second-order valence-corrected chi connectivity index (χ2v) is 10.6. The van der Waals surface area contributed by atoms with Gasteiger partial charge in [0.15, 0.2) is 0 Å². The fraction of sp³-hybridized carbons (Fsp3) is 0.417. The normalized spacial score (nSPS) is 12.3. The monoisotopic (exact) mass is 493 g/mol. The molecule has 2 rings (SSSR count). The Morgan fingerprint density at radius 1 is 1.03 bits per heavy atom. The first-order chi connectivity index (χ1) is 15.4. The van der Waals surface area contributed by atoms with Gasteiger partial charge in [-0.05, 0) is 62.6 Å². The molecule has 2 amide bonds. The average molecular weight is 494 g/mol. The van der Waals surface area contributed by atoms with E-state index in [2.05, 4.69) is 5.32 Å². The largest absolute Gasteiger partial charge is 0.352 e. The molecule has 0 radical (unpaired) electrons. The first-order valence-electron chi connectivity index (χ1n) is 10.8. The molecule has 1 N–H and O–H groups in total. The third-order valence-electron chi connectivity index (χ3n) is 5.15. The molecule has 0 aliphatic carbocycles. The minimum absolute atomic E-state index is 0.104. The molecular formula is C24H32ClN3O4S. The molecule has 0 aliphatic rings. The van der Waals surface area contributed by atoms with E-state index >= 15 is 0 Å². The fourth-order valence-electron chi connectivity index (χ4n) is 3.33. The highest BCUT2D eigenvalue weighted by atomic mass is 35.5. The summed E-state index contributed by atoms with van der Waals surface area (Å²) in [6, 6.07) is 13.1. The zero-order valence-electron chi connectivity index (χ0n) is 19.7. The number of aryl methyl sites for hydroxylation is 1. The minimum Gasteiger partial charge on any atom is -0.352 e. The summed E-state index contributed by atoms with van der Waals surface area (Å²) >= 11 is 6.10. The number of nitrogens with zero attached hydrogens (tertiary/aromatic N) is 2. The second-order valence-electron chi connectivity index (χ2n) is 8.28. The lowest BCUT2D eigenvalue weighted by Gasteiger charge is -2.32. The number of rotatable bonds is 10. The summed E-state index contributed by atoms with van der Waals surface area (Å²) in [5.41, 5.74) is 2.18. The molecule has 0 aliphatic heterocycles. The number of hydrogen-bond acceptors (Lipinski definition) is 4. The van der Waals surface area contributed by atoms with E-state index in [0.29, 0.717) is 10.7 Å². The highest BCUT2D eigenvalue weighted by Crippen LogP contribution is 2.20. The fourth-order valence-corrected chi connectivity index (χ4v) is 4.39. The summed E-state index contributed by atoms with van der Waals surface area (Å²) in [4.78, 5) is 27.5. The van der Waals surface area contributed by atoms with Gasteiger partial charge < -0.3 is 10.2 Å². The van der Waals surface area contributed by atoms with Gasteiger partial charge in [0.1, 0.15) is 12.6 Å². The van der Waals surface area contributed by atoms with Gasteiger partial charge in [0.05, 0.1) is 11.9 Å². The first-order valence-corrected chi connectivity index (χ1v) is 13.1. The molecule has 0 aromatic heterocycles. The lowest BCUT2D eigenvalue weighted by molar-refractivity contribution is -0.139. The van der Waals surface area contributed by atoms with Crippen LogP contribution in [0.1, 0.15) is 38.8 Å². The van der Waals surface area contributed by atoms with E-state index in [-0.39, 0.29) is 18.5 Å². The molecule has 0 saturated carbocycles. The van der Waals surface area contributed by atoms with Crippen LogP contribution in [0.3, 0.4) is 0 Å². The highest BCUT2D eigenvalue weighted by molar-refractivity contribution is 7.92. The lowest BCUT2D eigenvalue weighted by atomic mass is 10.1. The van der Waals surface area contributed by atoms with Crippen molar-refractivity contribution >= 4 is 39.1 Å². The van der Waals surface area contributed by atoms with E-state index in [1.165, 1.54) is 4.90 Å². The molecule has 2 aromatic carbocycles.